The quantitative estimate of drug-likeness (QED) is 0.381. The lowest BCUT2D eigenvalue weighted by atomic mass is 10.1. The first kappa shape index (κ1) is 14.6. The van der Waals surface area contributed by atoms with Gasteiger partial charge < -0.3 is 0 Å². The summed E-state index contributed by atoms with van der Waals surface area (Å²) in [4.78, 5) is 0. The Balaban J connectivity index is 3.10. The van der Waals surface area contributed by atoms with Crippen LogP contribution in [-0.4, -0.2) is 0 Å². The van der Waals surface area contributed by atoms with Gasteiger partial charge in [0.15, 0.2) is 0 Å². The summed E-state index contributed by atoms with van der Waals surface area (Å²) in [5, 5.41) is 0. The molecule has 0 aliphatic carbocycles. The van der Waals surface area contributed by atoms with E-state index in [9.17, 15) is 0 Å². The first-order chi connectivity index (χ1) is 7.27. The maximum atomic E-state index is 3.29. The van der Waals surface area contributed by atoms with Gasteiger partial charge in [0, 0.05) is 12.8 Å². The van der Waals surface area contributed by atoms with Crippen LogP contribution in [0.3, 0.4) is 0 Å². The zero-order valence-electron chi connectivity index (χ0n) is 10.9. The second kappa shape index (κ2) is 11.6. The molecule has 88 valence electrons. The molecule has 0 atom stereocenters. The minimum atomic E-state index is 0.854. The van der Waals surface area contributed by atoms with Crippen LogP contribution in [0.2, 0.25) is 0 Å². The van der Waals surface area contributed by atoms with Crippen LogP contribution in [0.5, 0.6) is 0 Å². The van der Waals surface area contributed by atoms with Crippen LogP contribution < -0.4 is 0 Å². The molecule has 0 bridgehead atoms. The van der Waals surface area contributed by atoms with Gasteiger partial charge in [0.1, 0.15) is 0 Å². The summed E-state index contributed by atoms with van der Waals surface area (Å²) >= 11 is 0. The monoisotopic (exact) mass is 208 g/mol. The average molecular weight is 208 g/mol. The van der Waals surface area contributed by atoms with Gasteiger partial charge in [-0.05, 0) is 18.8 Å². The summed E-state index contributed by atoms with van der Waals surface area (Å²) in [7, 11) is 0. The van der Waals surface area contributed by atoms with E-state index in [2.05, 4.69) is 32.6 Å². The molecule has 0 radical (unpaired) electrons. The highest BCUT2D eigenvalue weighted by atomic mass is 14.0. The molecule has 0 aromatic carbocycles. The normalized spacial score (nSPS) is 10.1. The third kappa shape index (κ3) is 13.6. The molecule has 0 aromatic rings. The lowest BCUT2D eigenvalue weighted by molar-refractivity contribution is 0.542. The van der Waals surface area contributed by atoms with Gasteiger partial charge in [-0.1, -0.05) is 52.9 Å². The average Bonchev–Trinajstić information content (AvgIpc) is 2.20. The molecule has 0 nitrogen and oxygen atoms in total. The summed E-state index contributed by atoms with van der Waals surface area (Å²) in [5.74, 6) is 7.42. The SMILES string of the molecule is CCCCCCC#CCCCCC(C)C. The minimum absolute atomic E-state index is 0.854. The molecular weight excluding hydrogens is 180 g/mol. The van der Waals surface area contributed by atoms with E-state index in [0.717, 1.165) is 18.8 Å². The largest absolute Gasteiger partial charge is 0.103 e. The minimum Gasteiger partial charge on any atom is -0.103 e. The van der Waals surface area contributed by atoms with E-state index in [1.54, 1.807) is 0 Å². The fourth-order valence-electron chi connectivity index (χ4n) is 1.58. The lowest BCUT2D eigenvalue weighted by Crippen LogP contribution is -1.85. The first-order valence-corrected chi connectivity index (χ1v) is 6.73. The summed E-state index contributed by atoms with van der Waals surface area (Å²) in [6.07, 6.45) is 11.6. The van der Waals surface area contributed by atoms with Gasteiger partial charge in [-0.25, -0.2) is 0 Å². The Hall–Kier alpha value is -0.440. The maximum Gasteiger partial charge on any atom is 0.00886 e. The standard InChI is InChI=1S/C15H28/c1-4-5-6-7-8-9-10-11-12-13-14-15(2)3/h15H,4-8,11-14H2,1-3H3. The molecule has 0 unspecified atom stereocenters. The summed E-state index contributed by atoms with van der Waals surface area (Å²) in [5.41, 5.74) is 0. The number of rotatable bonds is 8. The van der Waals surface area contributed by atoms with Crippen molar-refractivity contribution in [1.29, 1.82) is 0 Å². The Morgan fingerprint density at radius 2 is 1.40 bits per heavy atom. The predicted octanol–water partition coefficient (Wildman–Crippen LogP) is 5.18. The highest BCUT2D eigenvalue weighted by molar-refractivity contribution is 4.98. The summed E-state index contributed by atoms with van der Waals surface area (Å²) < 4.78 is 0. The van der Waals surface area contributed by atoms with Crippen molar-refractivity contribution in [2.75, 3.05) is 0 Å². The Kier molecular flexibility index (Phi) is 11.3. The number of hydrogen-bond acceptors (Lipinski definition) is 0. The molecule has 15 heavy (non-hydrogen) atoms. The van der Waals surface area contributed by atoms with Crippen molar-refractivity contribution in [3.05, 3.63) is 0 Å². The Morgan fingerprint density at radius 1 is 0.800 bits per heavy atom. The molecule has 0 heterocycles. The molecular formula is C15H28. The van der Waals surface area contributed by atoms with Crippen LogP contribution in [0.4, 0.5) is 0 Å². The predicted molar refractivity (Wildman–Crippen MR) is 69.8 cm³/mol. The van der Waals surface area contributed by atoms with Crippen molar-refractivity contribution >= 4 is 0 Å². The molecule has 0 heteroatoms. The lowest BCUT2D eigenvalue weighted by Gasteiger charge is -2.00. The highest BCUT2D eigenvalue weighted by Gasteiger charge is 1.92. The second-order valence-corrected chi connectivity index (χ2v) is 4.80. The zero-order chi connectivity index (χ0) is 11.4. The van der Waals surface area contributed by atoms with Crippen LogP contribution in [0.1, 0.15) is 78.6 Å². The molecule has 0 aliphatic heterocycles. The van der Waals surface area contributed by atoms with E-state index in [1.165, 1.54) is 44.9 Å². The fourth-order valence-corrected chi connectivity index (χ4v) is 1.58. The van der Waals surface area contributed by atoms with Crippen LogP contribution >= 0.6 is 0 Å². The van der Waals surface area contributed by atoms with Gasteiger partial charge in [-0.3, -0.25) is 0 Å². The maximum absolute atomic E-state index is 3.29. The first-order valence-electron chi connectivity index (χ1n) is 6.73. The molecule has 0 N–H and O–H groups in total. The highest BCUT2D eigenvalue weighted by Crippen LogP contribution is 2.07. The fraction of sp³-hybridized carbons (Fsp3) is 0.867. The molecule has 0 amide bonds. The van der Waals surface area contributed by atoms with E-state index in [1.807, 2.05) is 0 Å². The van der Waals surface area contributed by atoms with Gasteiger partial charge in [-0.15, -0.1) is 11.8 Å². The molecule has 0 rings (SSSR count). The van der Waals surface area contributed by atoms with Gasteiger partial charge >= 0.3 is 0 Å². The molecule has 0 aromatic heterocycles. The number of unbranched alkanes of at least 4 members (excludes halogenated alkanes) is 6. The molecule has 0 spiro atoms. The van der Waals surface area contributed by atoms with Crippen molar-refractivity contribution in [3.63, 3.8) is 0 Å². The van der Waals surface area contributed by atoms with Gasteiger partial charge in [0.2, 0.25) is 0 Å². The van der Waals surface area contributed by atoms with E-state index in [4.69, 9.17) is 0 Å². The molecule has 0 saturated carbocycles. The third-order valence-electron chi connectivity index (χ3n) is 2.61. The Labute approximate surface area is 96.8 Å². The van der Waals surface area contributed by atoms with E-state index < -0.39 is 0 Å². The van der Waals surface area contributed by atoms with Gasteiger partial charge in [0.25, 0.3) is 0 Å². The van der Waals surface area contributed by atoms with Crippen LogP contribution in [-0.2, 0) is 0 Å². The molecule has 0 saturated heterocycles. The third-order valence-corrected chi connectivity index (χ3v) is 2.61. The molecule has 0 fully saturated rings. The van der Waals surface area contributed by atoms with E-state index in [-0.39, 0.29) is 0 Å². The zero-order valence-corrected chi connectivity index (χ0v) is 10.9. The van der Waals surface area contributed by atoms with Crippen LogP contribution in [0, 0.1) is 17.8 Å². The van der Waals surface area contributed by atoms with Gasteiger partial charge in [-0.2, -0.15) is 0 Å². The Morgan fingerprint density at radius 3 is 1.93 bits per heavy atom. The summed E-state index contributed by atoms with van der Waals surface area (Å²) in [6.45, 7) is 6.83. The van der Waals surface area contributed by atoms with Crippen molar-refractivity contribution in [2.45, 2.75) is 78.6 Å². The van der Waals surface area contributed by atoms with Crippen molar-refractivity contribution < 1.29 is 0 Å². The van der Waals surface area contributed by atoms with Gasteiger partial charge in [0.05, 0.1) is 0 Å². The van der Waals surface area contributed by atoms with Crippen LogP contribution in [0.15, 0.2) is 0 Å². The van der Waals surface area contributed by atoms with Crippen molar-refractivity contribution in [2.24, 2.45) is 5.92 Å². The smallest absolute Gasteiger partial charge is 0.00886 e. The van der Waals surface area contributed by atoms with Crippen molar-refractivity contribution in [3.8, 4) is 11.8 Å². The topological polar surface area (TPSA) is 0 Å². The van der Waals surface area contributed by atoms with Crippen molar-refractivity contribution in [1.82, 2.24) is 0 Å². The van der Waals surface area contributed by atoms with E-state index >= 15 is 0 Å². The Bertz CT molecular complexity index is 168. The number of hydrogen-bond donors (Lipinski definition) is 0. The van der Waals surface area contributed by atoms with E-state index in [0.29, 0.717) is 0 Å². The summed E-state index contributed by atoms with van der Waals surface area (Å²) in [6, 6.07) is 0. The molecule has 0 aliphatic rings. The van der Waals surface area contributed by atoms with Crippen LogP contribution in [0.25, 0.3) is 0 Å². The second-order valence-electron chi connectivity index (χ2n) is 4.80.